The number of anilines is 2. The largest absolute Gasteiger partial charge is 0.367 e. The lowest BCUT2D eigenvalue weighted by atomic mass is 10.2. The molecular weight excluding hydrogens is 427 g/mol. The SMILES string of the molecule is CN1CCN(c2ccccc2NC(=S)NC(=O)C=Cc2ccc(Cl)cc2Cl)CC1. The van der Waals surface area contributed by atoms with Gasteiger partial charge in [0.2, 0.25) is 5.91 Å². The molecule has 0 aromatic heterocycles. The maximum absolute atomic E-state index is 12.2. The Morgan fingerprint density at radius 3 is 2.55 bits per heavy atom. The highest BCUT2D eigenvalue weighted by Crippen LogP contribution is 2.26. The van der Waals surface area contributed by atoms with Crippen molar-refractivity contribution in [2.24, 2.45) is 0 Å². The van der Waals surface area contributed by atoms with Gasteiger partial charge in [0.1, 0.15) is 0 Å². The second-order valence-electron chi connectivity index (χ2n) is 6.75. The van der Waals surface area contributed by atoms with Gasteiger partial charge in [-0.2, -0.15) is 0 Å². The van der Waals surface area contributed by atoms with Crippen molar-refractivity contribution in [2.75, 3.05) is 43.4 Å². The van der Waals surface area contributed by atoms with Crippen molar-refractivity contribution in [3.63, 3.8) is 0 Å². The molecule has 1 aliphatic rings. The molecule has 0 unspecified atom stereocenters. The maximum atomic E-state index is 12.2. The minimum Gasteiger partial charge on any atom is -0.367 e. The molecule has 152 valence electrons. The Bertz CT molecular complexity index is 927. The van der Waals surface area contributed by atoms with E-state index in [9.17, 15) is 4.79 Å². The summed E-state index contributed by atoms with van der Waals surface area (Å²) in [4.78, 5) is 16.8. The van der Waals surface area contributed by atoms with Crippen LogP contribution in [-0.4, -0.2) is 49.1 Å². The zero-order valence-electron chi connectivity index (χ0n) is 16.0. The maximum Gasteiger partial charge on any atom is 0.250 e. The Morgan fingerprint density at radius 2 is 1.83 bits per heavy atom. The lowest BCUT2D eigenvalue weighted by molar-refractivity contribution is -0.115. The summed E-state index contributed by atoms with van der Waals surface area (Å²) in [5.74, 6) is -0.342. The van der Waals surface area contributed by atoms with Gasteiger partial charge in [0.05, 0.1) is 11.4 Å². The number of amides is 1. The smallest absolute Gasteiger partial charge is 0.250 e. The van der Waals surface area contributed by atoms with E-state index >= 15 is 0 Å². The van der Waals surface area contributed by atoms with E-state index in [0.29, 0.717) is 15.6 Å². The van der Waals surface area contributed by atoms with Crippen molar-refractivity contribution < 1.29 is 4.79 Å². The number of nitrogens with one attached hydrogen (secondary N) is 2. The lowest BCUT2D eigenvalue weighted by Gasteiger charge is -2.35. The summed E-state index contributed by atoms with van der Waals surface area (Å²) in [5.41, 5.74) is 2.64. The normalized spacial score (nSPS) is 14.8. The van der Waals surface area contributed by atoms with Gasteiger partial charge in [-0.1, -0.05) is 41.4 Å². The van der Waals surface area contributed by atoms with Crippen molar-refractivity contribution in [1.29, 1.82) is 0 Å². The standard InChI is InChI=1S/C21H22Cl2N4OS/c1-26-10-12-27(13-11-26)19-5-3-2-4-18(19)24-21(29)25-20(28)9-7-15-6-8-16(22)14-17(15)23/h2-9,14H,10-13H2,1H3,(H2,24,25,28,29). The van der Waals surface area contributed by atoms with Gasteiger partial charge >= 0.3 is 0 Å². The van der Waals surface area contributed by atoms with Crippen LogP contribution < -0.4 is 15.5 Å². The predicted octanol–water partition coefficient (Wildman–Crippen LogP) is 4.27. The van der Waals surface area contributed by atoms with E-state index < -0.39 is 0 Å². The average molecular weight is 449 g/mol. The van der Waals surface area contributed by atoms with E-state index in [2.05, 4.69) is 33.5 Å². The Labute approximate surface area is 186 Å². The molecule has 3 rings (SSSR count). The number of carbonyl (C=O) groups is 1. The van der Waals surface area contributed by atoms with Gasteiger partial charge in [-0.05, 0) is 55.2 Å². The number of para-hydroxylation sites is 2. The molecular formula is C21H22Cl2N4OS. The molecule has 1 saturated heterocycles. The molecule has 2 aromatic carbocycles. The third-order valence-corrected chi connectivity index (χ3v) is 5.38. The molecule has 0 atom stereocenters. The van der Waals surface area contributed by atoms with Gasteiger partial charge in [0.15, 0.2) is 5.11 Å². The Balaban J connectivity index is 1.60. The number of likely N-dealkylation sites (N-methyl/N-ethyl adjacent to an activating group) is 1. The number of thiocarbonyl (C=S) groups is 1. The predicted molar refractivity (Wildman–Crippen MR) is 126 cm³/mol. The molecule has 0 aliphatic carbocycles. The minimum atomic E-state index is -0.342. The molecule has 0 saturated carbocycles. The number of halogens is 2. The number of rotatable bonds is 4. The number of benzene rings is 2. The second kappa shape index (κ2) is 10.1. The van der Waals surface area contributed by atoms with Gasteiger partial charge in [0.25, 0.3) is 0 Å². The van der Waals surface area contributed by atoms with Crippen LogP contribution in [0.1, 0.15) is 5.56 Å². The monoisotopic (exact) mass is 448 g/mol. The molecule has 1 fully saturated rings. The van der Waals surface area contributed by atoms with Crippen LogP contribution in [0.25, 0.3) is 6.08 Å². The van der Waals surface area contributed by atoms with Crippen LogP contribution in [-0.2, 0) is 4.79 Å². The Hall–Kier alpha value is -2.12. The molecule has 1 aliphatic heterocycles. The number of nitrogens with zero attached hydrogens (tertiary/aromatic N) is 2. The first kappa shape index (κ1) is 21.6. The highest BCUT2D eigenvalue weighted by molar-refractivity contribution is 7.80. The quantitative estimate of drug-likeness (QED) is 0.539. The van der Waals surface area contributed by atoms with E-state index in [1.807, 2.05) is 18.2 Å². The molecule has 0 spiro atoms. The van der Waals surface area contributed by atoms with Crippen LogP contribution in [0.4, 0.5) is 11.4 Å². The summed E-state index contributed by atoms with van der Waals surface area (Å²) < 4.78 is 0. The zero-order valence-corrected chi connectivity index (χ0v) is 18.3. The van der Waals surface area contributed by atoms with Crippen LogP contribution in [0.5, 0.6) is 0 Å². The van der Waals surface area contributed by atoms with Crippen molar-refractivity contribution in [3.05, 3.63) is 64.1 Å². The topological polar surface area (TPSA) is 47.6 Å². The fourth-order valence-corrected chi connectivity index (χ4v) is 3.69. The first-order valence-electron chi connectivity index (χ1n) is 9.20. The van der Waals surface area contributed by atoms with Gasteiger partial charge < -0.3 is 15.1 Å². The Morgan fingerprint density at radius 1 is 1.10 bits per heavy atom. The molecule has 0 bridgehead atoms. The van der Waals surface area contributed by atoms with E-state index in [4.69, 9.17) is 35.4 Å². The summed E-state index contributed by atoms with van der Waals surface area (Å²) in [5, 5.41) is 7.06. The van der Waals surface area contributed by atoms with E-state index in [-0.39, 0.29) is 11.0 Å². The second-order valence-corrected chi connectivity index (χ2v) is 8.00. The van der Waals surface area contributed by atoms with Gasteiger partial charge in [0, 0.05) is 42.3 Å². The molecule has 5 nitrogen and oxygen atoms in total. The number of hydrogen-bond donors (Lipinski definition) is 2. The third kappa shape index (κ3) is 6.18. The Kier molecular flexibility index (Phi) is 7.50. The molecule has 29 heavy (non-hydrogen) atoms. The molecule has 2 aromatic rings. The van der Waals surface area contributed by atoms with Gasteiger partial charge in [-0.25, -0.2) is 0 Å². The van der Waals surface area contributed by atoms with Crippen molar-refractivity contribution in [2.45, 2.75) is 0 Å². The first-order valence-corrected chi connectivity index (χ1v) is 10.4. The average Bonchev–Trinajstić information content (AvgIpc) is 2.68. The molecule has 0 radical (unpaired) electrons. The molecule has 2 N–H and O–H groups in total. The molecule has 1 heterocycles. The summed E-state index contributed by atoms with van der Waals surface area (Å²) >= 11 is 17.3. The van der Waals surface area contributed by atoms with E-state index in [1.54, 1.807) is 24.3 Å². The van der Waals surface area contributed by atoms with Crippen LogP contribution in [0, 0.1) is 0 Å². The fourth-order valence-electron chi connectivity index (χ4n) is 3.01. The molecule has 1 amide bonds. The van der Waals surface area contributed by atoms with Crippen molar-refractivity contribution >= 4 is 63.9 Å². The summed E-state index contributed by atoms with van der Waals surface area (Å²) in [7, 11) is 2.12. The number of piperazine rings is 1. The lowest BCUT2D eigenvalue weighted by Crippen LogP contribution is -2.45. The van der Waals surface area contributed by atoms with Crippen LogP contribution in [0.3, 0.4) is 0 Å². The number of carbonyl (C=O) groups excluding carboxylic acids is 1. The molecule has 8 heteroatoms. The van der Waals surface area contributed by atoms with E-state index in [1.165, 1.54) is 6.08 Å². The first-order chi connectivity index (χ1) is 13.9. The van der Waals surface area contributed by atoms with Crippen molar-refractivity contribution in [1.82, 2.24) is 10.2 Å². The number of hydrogen-bond acceptors (Lipinski definition) is 4. The van der Waals surface area contributed by atoms with E-state index in [0.717, 1.165) is 37.6 Å². The van der Waals surface area contributed by atoms with Gasteiger partial charge in [-0.3, -0.25) is 10.1 Å². The van der Waals surface area contributed by atoms with Crippen molar-refractivity contribution in [3.8, 4) is 0 Å². The minimum absolute atomic E-state index is 0.239. The summed E-state index contributed by atoms with van der Waals surface area (Å²) in [6.45, 7) is 3.90. The van der Waals surface area contributed by atoms with Gasteiger partial charge in [-0.15, -0.1) is 0 Å². The van der Waals surface area contributed by atoms with Crippen LogP contribution in [0.15, 0.2) is 48.5 Å². The van der Waals surface area contributed by atoms with Crippen LogP contribution >= 0.6 is 35.4 Å². The highest BCUT2D eigenvalue weighted by atomic mass is 35.5. The highest BCUT2D eigenvalue weighted by Gasteiger charge is 2.17. The fraction of sp³-hybridized carbons (Fsp3) is 0.238. The third-order valence-electron chi connectivity index (χ3n) is 4.61. The zero-order chi connectivity index (χ0) is 20.8. The summed E-state index contributed by atoms with van der Waals surface area (Å²) in [6, 6.07) is 13.0. The summed E-state index contributed by atoms with van der Waals surface area (Å²) in [6.07, 6.45) is 3.00. The van der Waals surface area contributed by atoms with Crippen LogP contribution in [0.2, 0.25) is 10.0 Å².